The highest BCUT2D eigenvalue weighted by atomic mass is 32.1. The van der Waals surface area contributed by atoms with Crippen LogP contribution in [0.1, 0.15) is 0 Å². The Kier molecular flexibility index (Phi) is 0.976. The monoisotopic (exact) mass is 159 g/mol. The second-order valence-electron chi connectivity index (χ2n) is 1.53. The van der Waals surface area contributed by atoms with Gasteiger partial charge in [0.05, 0.1) is 0 Å². The molecule has 0 amide bonds. The number of aromatic amines is 1. The molecule has 0 atom stereocenters. The van der Waals surface area contributed by atoms with Gasteiger partial charge in [-0.25, -0.2) is 0 Å². The van der Waals surface area contributed by atoms with Crippen LogP contribution in [-0.2, 0) is 0 Å². The van der Waals surface area contributed by atoms with Crippen LogP contribution < -0.4 is 4.87 Å². The number of hydrogen-bond acceptors (Lipinski definition) is 3. The van der Waals surface area contributed by atoms with E-state index in [1.54, 1.807) is 0 Å². The molecule has 0 fully saturated rings. The zero-order chi connectivity index (χ0) is 6.27. The summed E-state index contributed by atoms with van der Waals surface area (Å²) in [7, 11) is 0.808. The lowest BCUT2D eigenvalue weighted by molar-refractivity contribution is 0.737. The quantitative estimate of drug-likeness (QED) is 0.636. The Bertz CT molecular complexity index is 341. The van der Waals surface area contributed by atoms with Crippen molar-refractivity contribution in [2.45, 2.75) is 0 Å². The van der Waals surface area contributed by atoms with Gasteiger partial charge in [-0.2, -0.15) is 0 Å². The molecule has 0 aliphatic heterocycles. The first-order valence-electron chi connectivity index (χ1n) is 2.30. The van der Waals surface area contributed by atoms with Crippen molar-refractivity contribution in [3.05, 3.63) is 15.5 Å². The van der Waals surface area contributed by atoms with E-state index in [4.69, 9.17) is 4.20 Å². The number of aromatic nitrogens is 1. The van der Waals surface area contributed by atoms with Crippen molar-refractivity contribution in [2.75, 3.05) is 0 Å². The number of nitrogens with one attached hydrogen (secondary N) is 1. The van der Waals surface area contributed by atoms with E-state index in [2.05, 4.69) is 4.98 Å². The van der Waals surface area contributed by atoms with Crippen LogP contribution in [0.3, 0.4) is 0 Å². The Balaban J connectivity index is 3.08. The topological polar surface area (TPSA) is 46.0 Å². The second kappa shape index (κ2) is 1.69. The van der Waals surface area contributed by atoms with Crippen molar-refractivity contribution >= 4 is 30.2 Å². The van der Waals surface area contributed by atoms with Crippen molar-refractivity contribution in [3.8, 4) is 0 Å². The maximum absolute atomic E-state index is 10.6. The molecule has 9 heavy (non-hydrogen) atoms. The Morgan fingerprint density at radius 3 is 3.44 bits per heavy atom. The first kappa shape index (κ1) is 5.21. The van der Waals surface area contributed by atoms with Gasteiger partial charge in [0.25, 0.3) is 0 Å². The van der Waals surface area contributed by atoms with Crippen LogP contribution in [0.5, 0.6) is 0 Å². The third-order valence-electron chi connectivity index (χ3n) is 0.956. The number of thiazole rings is 1. The highest BCUT2D eigenvalue weighted by Crippen LogP contribution is 2.21. The van der Waals surface area contributed by atoms with Crippen LogP contribution in [-0.4, -0.2) is 4.98 Å². The Labute approximate surface area is 55.5 Å². The number of hydrogen-bond donors (Lipinski definition) is 1. The van der Waals surface area contributed by atoms with Crippen LogP contribution in [0.15, 0.2) is 14.8 Å². The molecular formula is C4H2NO2PS. The van der Waals surface area contributed by atoms with Gasteiger partial charge in [-0.15, -0.1) is 0 Å². The van der Waals surface area contributed by atoms with E-state index in [0.29, 0.717) is 5.71 Å². The number of fused-ring (bicyclic) bond motifs is 1. The molecule has 0 spiro atoms. The standard InChI is InChI=1S/C4H2NO2PS/c6-4-5-3-2(9-4)1-8-7-3/h1H,(H,5,6). The van der Waals surface area contributed by atoms with Crippen LogP contribution in [0.2, 0.25) is 0 Å². The third kappa shape index (κ3) is 0.713. The Morgan fingerprint density at radius 1 is 1.78 bits per heavy atom. The third-order valence-corrected chi connectivity index (χ3v) is 2.59. The molecule has 0 unspecified atom stereocenters. The minimum atomic E-state index is -0.0499. The van der Waals surface area contributed by atoms with E-state index >= 15 is 0 Å². The molecule has 0 aromatic carbocycles. The van der Waals surface area contributed by atoms with Gasteiger partial charge in [0.1, 0.15) is 13.1 Å². The van der Waals surface area contributed by atoms with Crippen LogP contribution in [0.25, 0.3) is 10.4 Å². The molecule has 0 radical (unpaired) electrons. The predicted octanol–water partition coefficient (Wildman–Crippen LogP) is 1.76. The molecule has 0 aliphatic rings. The average Bonchev–Trinajstić information content (AvgIpc) is 2.22. The average molecular weight is 159 g/mol. The fourth-order valence-electron chi connectivity index (χ4n) is 0.606. The van der Waals surface area contributed by atoms with E-state index in [1.165, 1.54) is 11.3 Å². The van der Waals surface area contributed by atoms with Gasteiger partial charge >= 0.3 is 4.87 Å². The molecule has 5 heteroatoms. The highest BCUT2D eigenvalue weighted by molar-refractivity contribution is 7.26. The fourth-order valence-corrected chi connectivity index (χ4v) is 2.05. The van der Waals surface area contributed by atoms with Gasteiger partial charge in [-0.05, 0) is 0 Å². The molecule has 2 aromatic heterocycles. The summed E-state index contributed by atoms with van der Waals surface area (Å²) in [6.07, 6.45) is 0. The zero-order valence-electron chi connectivity index (χ0n) is 4.25. The minimum Gasteiger partial charge on any atom is -0.421 e. The summed E-state index contributed by atoms with van der Waals surface area (Å²) in [6.45, 7) is 0. The van der Waals surface area contributed by atoms with Crippen molar-refractivity contribution in [1.29, 1.82) is 0 Å². The first-order valence-corrected chi connectivity index (χ1v) is 3.99. The normalized spacial score (nSPS) is 11.6. The smallest absolute Gasteiger partial charge is 0.307 e. The fraction of sp³-hybridized carbons (Fsp3) is 0. The molecule has 2 aromatic rings. The van der Waals surface area contributed by atoms with E-state index in [0.717, 1.165) is 13.1 Å². The van der Waals surface area contributed by atoms with Crippen molar-refractivity contribution in [3.63, 3.8) is 0 Å². The molecule has 0 saturated carbocycles. The van der Waals surface area contributed by atoms with E-state index < -0.39 is 0 Å². The molecule has 2 rings (SSSR count). The summed E-state index contributed by atoms with van der Waals surface area (Å²) in [5.41, 5.74) is 0.617. The summed E-state index contributed by atoms with van der Waals surface area (Å²) in [5.74, 6) is 1.86. The predicted molar refractivity (Wildman–Crippen MR) is 37.2 cm³/mol. The van der Waals surface area contributed by atoms with Gasteiger partial charge in [0.15, 0.2) is 0 Å². The number of rotatable bonds is 0. The summed E-state index contributed by atoms with van der Waals surface area (Å²) in [6, 6.07) is 0. The van der Waals surface area contributed by atoms with Crippen LogP contribution in [0, 0.1) is 0 Å². The van der Waals surface area contributed by atoms with Gasteiger partial charge in [0, 0.05) is 5.80 Å². The molecule has 0 aliphatic carbocycles. The summed E-state index contributed by atoms with van der Waals surface area (Å²) >= 11 is 1.18. The molecular weight excluding hydrogens is 157 g/mol. The second-order valence-corrected chi connectivity index (χ2v) is 3.20. The Hall–Kier alpha value is -0.600. The van der Waals surface area contributed by atoms with Crippen molar-refractivity contribution in [2.24, 2.45) is 0 Å². The lowest BCUT2D eigenvalue weighted by Crippen LogP contribution is -1.89. The molecule has 1 N–H and O–H groups in total. The summed E-state index contributed by atoms with van der Waals surface area (Å²) in [5, 5.41) is 0. The maximum atomic E-state index is 10.6. The SMILES string of the molecule is O=c1[nH]c2opcc2s1. The summed E-state index contributed by atoms with van der Waals surface area (Å²) < 4.78 is 5.91. The largest absolute Gasteiger partial charge is 0.421 e. The maximum Gasteiger partial charge on any atom is 0.307 e. The van der Waals surface area contributed by atoms with Crippen molar-refractivity contribution in [1.82, 2.24) is 4.98 Å². The van der Waals surface area contributed by atoms with Crippen LogP contribution >= 0.6 is 19.8 Å². The van der Waals surface area contributed by atoms with Crippen LogP contribution in [0.4, 0.5) is 0 Å². The lowest BCUT2D eigenvalue weighted by Gasteiger charge is -1.65. The molecule has 0 bridgehead atoms. The zero-order valence-corrected chi connectivity index (χ0v) is 5.96. The van der Waals surface area contributed by atoms with E-state index in [1.807, 2.05) is 5.80 Å². The van der Waals surface area contributed by atoms with Gasteiger partial charge in [-0.3, -0.25) is 9.78 Å². The van der Waals surface area contributed by atoms with Gasteiger partial charge in [-0.1, -0.05) is 11.3 Å². The molecule has 3 nitrogen and oxygen atoms in total. The Morgan fingerprint density at radius 2 is 2.67 bits per heavy atom. The number of H-pyrrole nitrogens is 1. The van der Waals surface area contributed by atoms with E-state index in [-0.39, 0.29) is 4.87 Å². The molecule has 46 valence electrons. The minimum absolute atomic E-state index is 0.0499. The molecule has 0 saturated heterocycles. The summed E-state index contributed by atoms with van der Waals surface area (Å²) in [4.78, 5) is 13.1. The molecule has 2 heterocycles. The van der Waals surface area contributed by atoms with Crippen molar-refractivity contribution < 1.29 is 4.20 Å². The highest BCUT2D eigenvalue weighted by Gasteiger charge is 1.99. The van der Waals surface area contributed by atoms with E-state index in [9.17, 15) is 4.79 Å². The lowest BCUT2D eigenvalue weighted by atomic mass is 10.7. The van der Waals surface area contributed by atoms with Gasteiger partial charge in [0.2, 0.25) is 5.71 Å². The first-order chi connectivity index (χ1) is 4.36. The van der Waals surface area contributed by atoms with Gasteiger partial charge < -0.3 is 4.20 Å².